The van der Waals surface area contributed by atoms with Crippen LogP contribution >= 0.6 is 11.6 Å². The molecule has 0 bridgehead atoms. The lowest BCUT2D eigenvalue weighted by molar-refractivity contribution is -0.117. The number of anilines is 2. The number of benzene rings is 1. The summed E-state index contributed by atoms with van der Waals surface area (Å²) in [4.78, 5) is 13.8. The fourth-order valence-corrected chi connectivity index (χ4v) is 2.48. The smallest absolute Gasteiger partial charge is 0.248 e. The highest BCUT2D eigenvalue weighted by atomic mass is 35.5. The van der Waals surface area contributed by atoms with Gasteiger partial charge in [0, 0.05) is 25.7 Å². The molecule has 1 saturated heterocycles. The molecule has 6 heteroatoms. The Hall–Kier alpha value is -1.33. The molecule has 2 N–H and O–H groups in total. The number of carbonyl (C=O) groups excluding carboxylic acids is 1. The van der Waals surface area contributed by atoms with Gasteiger partial charge in [-0.3, -0.25) is 4.79 Å². The minimum absolute atomic E-state index is 0.0256. The number of nitrogens with one attached hydrogen (secondary N) is 2. The second-order valence-corrected chi connectivity index (χ2v) is 4.59. The molecule has 0 aliphatic carbocycles. The van der Waals surface area contributed by atoms with Crippen LogP contribution in [0.15, 0.2) is 12.1 Å². The topological polar surface area (TPSA) is 44.4 Å². The van der Waals surface area contributed by atoms with E-state index in [1.54, 1.807) is 0 Å². The molecule has 1 aromatic rings. The highest BCUT2D eigenvalue weighted by Gasteiger charge is 2.35. The summed E-state index contributed by atoms with van der Waals surface area (Å²) in [6, 6.07) is 2.58. The molecular weight excluding hydrogens is 245 g/mol. The van der Waals surface area contributed by atoms with Crippen LogP contribution in [0.5, 0.6) is 0 Å². The predicted molar refractivity (Wildman–Crippen MR) is 64.0 cm³/mol. The molecule has 2 aliphatic rings. The van der Waals surface area contributed by atoms with Gasteiger partial charge in [0.05, 0.1) is 16.4 Å². The van der Waals surface area contributed by atoms with Gasteiger partial charge in [0.15, 0.2) is 0 Å². The van der Waals surface area contributed by atoms with Gasteiger partial charge in [-0.25, -0.2) is 4.39 Å². The van der Waals surface area contributed by atoms with Crippen molar-refractivity contribution in [2.24, 2.45) is 0 Å². The second-order valence-electron chi connectivity index (χ2n) is 4.19. The third-order valence-corrected chi connectivity index (χ3v) is 3.44. The Morgan fingerprint density at radius 3 is 3.12 bits per heavy atom. The molecule has 1 amide bonds. The maximum absolute atomic E-state index is 13.5. The Morgan fingerprint density at radius 1 is 1.47 bits per heavy atom. The van der Waals surface area contributed by atoms with Crippen molar-refractivity contribution in [1.82, 2.24) is 5.32 Å². The van der Waals surface area contributed by atoms with Crippen molar-refractivity contribution in [3.63, 3.8) is 0 Å². The number of fused-ring (bicyclic) bond motifs is 3. The Labute approximate surface area is 103 Å². The van der Waals surface area contributed by atoms with Crippen LogP contribution in [0.3, 0.4) is 0 Å². The third kappa shape index (κ3) is 1.66. The molecule has 1 fully saturated rings. The SMILES string of the molecule is O=C1Nc2cc(Cl)c(F)cc2N2CCNCC12. The maximum Gasteiger partial charge on any atom is 0.248 e. The molecule has 90 valence electrons. The average molecular weight is 256 g/mol. The highest BCUT2D eigenvalue weighted by molar-refractivity contribution is 6.31. The molecule has 1 aromatic carbocycles. The van der Waals surface area contributed by atoms with Crippen molar-refractivity contribution < 1.29 is 9.18 Å². The summed E-state index contributed by atoms with van der Waals surface area (Å²) in [5, 5.41) is 5.93. The van der Waals surface area contributed by atoms with Crippen LogP contribution in [0.25, 0.3) is 0 Å². The Morgan fingerprint density at radius 2 is 2.29 bits per heavy atom. The van der Waals surface area contributed by atoms with Crippen molar-refractivity contribution in [1.29, 1.82) is 0 Å². The van der Waals surface area contributed by atoms with Gasteiger partial charge in [0.25, 0.3) is 0 Å². The Balaban J connectivity index is 2.10. The van der Waals surface area contributed by atoms with E-state index < -0.39 is 5.82 Å². The first kappa shape index (κ1) is 10.8. The van der Waals surface area contributed by atoms with Crippen LogP contribution in [-0.2, 0) is 4.79 Å². The van der Waals surface area contributed by atoms with Gasteiger partial charge in [-0.2, -0.15) is 0 Å². The van der Waals surface area contributed by atoms with E-state index in [2.05, 4.69) is 10.6 Å². The fraction of sp³-hybridized carbons (Fsp3) is 0.364. The number of carbonyl (C=O) groups is 1. The van der Waals surface area contributed by atoms with Crippen LogP contribution in [0.2, 0.25) is 5.02 Å². The Kier molecular flexibility index (Phi) is 2.45. The summed E-state index contributed by atoms with van der Waals surface area (Å²) >= 11 is 5.71. The largest absolute Gasteiger partial charge is 0.355 e. The quantitative estimate of drug-likeness (QED) is 0.733. The van der Waals surface area contributed by atoms with Crippen LogP contribution in [0.1, 0.15) is 0 Å². The zero-order chi connectivity index (χ0) is 12.0. The number of rotatable bonds is 0. The number of amides is 1. The summed E-state index contributed by atoms with van der Waals surface area (Å²) in [7, 11) is 0. The molecule has 0 saturated carbocycles. The maximum atomic E-state index is 13.5. The summed E-state index contributed by atoms with van der Waals surface area (Å²) < 4.78 is 13.5. The molecule has 2 aliphatic heterocycles. The number of nitrogens with zero attached hydrogens (tertiary/aromatic N) is 1. The van der Waals surface area contributed by atoms with E-state index in [0.29, 0.717) is 24.5 Å². The van der Waals surface area contributed by atoms with Crippen LogP contribution < -0.4 is 15.5 Å². The summed E-state index contributed by atoms with van der Waals surface area (Å²) in [5.41, 5.74) is 1.29. The van der Waals surface area contributed by atoms with Crippen LogP contribution in [0.4, 0.5) is 15.8 Å². The third-order valence-electron chi connectivity index (χ3n) is 3.15. The average Bonchev–Trinajstić information content (AvgIpc) is 2.32. The minimum Gasteiger partial charge on any atom is -0.355 e. The van der Waals surface area contributed by atoms with E-state index >= 15 is 0 Å². The molecule has 0 aromatic heterocycles. The second kappa shape index (κ2) is 3.85. The van der Waals surface area contributed by atoms with E-state index in [9.17, 15) is 9.18 Å². The van der Waals surface area contributed by atoms with Gasteiger partial charge >= 0.3 is 0 Å². The first-order valence-electron chi connectivity index (χ1n) is 5.44. The molecule has 0 radical (unpaired) electrons. The monoisotopic (exact) mass is 255 g/mol. The van der Waals surface area contributed by atoms with Crippen molar-refractivity contribution in [2.45, 2.75) is 6.04 Å². The lowest BCUT2D eigenvalue weighted by Gasteiger charge is -2.41. The first-order chi connectivity index (χ1) is 8.16. The molecule has 0 spiro atoms. The molecule has 17 heavy (non-hydrogen) atoms. The van der Waals surface area contributed by atoms with Crippen LogP contribution in [-0.4, -0.2) is 31.6 Å². The predicted octanol–water partition coefficient (Wildman–Crippen LogP) is 1.21. The van der Waals surface area contributed by atoms with Gasteiger partial charge in [0.2, 0.25) is 5.91 Å². The standard InChI is InChI=1S/C11H11ClFN3O/c12-6-3-8-9(4-7(6)13)16-2-1-14-5-10(16)11(17)15-8/h3-4,10,14H,1-2,5H2,(H,15,17). The number of hydrogen-bond acceptors (Lipinski definition) is 3. The zero-order valence-electron chi connectivity index (χ0n) is 8.96. The van der Waals surface area contributed by atoms with Gasteiger partial charge in [-0.15, -0.1) is 0 Å². The van der Waals surface area contributed by atoms with Crippen molar-refractivity contribution in [3.8, 4) is 0 Å². The van der Waals surface area contributed by atoms with Crippen molar-refractivity contribution in [2.75, 3.05) is 29.9 Å². The van der Waals surface area contributed by atoms with Gasteiger partial charge in [-0.1, -0.05) is 11.6 Å². The van der Waals surface area contributed by atoms with E-state index in [1.807, 2.05) is 4.90 Å². The van der Waals surface area contributed by atoms with Gasteiger partial charge in [0.1, 0.15) is 11.9 Å². The van der Waals surface area contributed by atoms with Gasteiger partial charge < -0.3 is 15.5 Å². The molecular formula is C11H11ClFN3O. The molecule has 4 nitrogen and oxygen atoms in total. The van der Waals surface area contributed by atoms with E-state index in [1.165, 1.54) is 12.1 Å². The number of piperazine rings is 1. The van der Waals surface area contributed by atoms with E-state index in [4.69, 9.17) is 11.6 Å². The van der Waals surface area contributed by atoms with E-state index in [0.717, 1.165) is 6.54 Å². The van der Waals surface area contributed by atoms with Crippen molar-refractivity contribution >= 4 is 28.9 Å². The molecule has 1 atom stereocenters. The zero-order valence-corrected chi connectivity index (χ0v) is 9.72. The normalized spacial score (nSPS) is 22.8. The summed E-state index contributed by atoms with van der Waals surface area (Å²) in [6.45, 7) is 2.05. The number of hydrogen-bond donors (Lipinski definition) is 2. The molecule has 3 rings (SSSR count). The fourth-order valence-electron chi connectivity index (χ4n) is 2.32. The van der Waals surface area contributed by atoms with Crippen LogP contribution in [0, 0.1) is 5.82 Å². The molecule has 1 unspecified atom stereocenters. The highest BCUT2D eigenvalue weighted by Crippen LogP contribution is 2.36. The number of halogens is 2. The van der Waals surface area contributed by atoms with E-state index in [-0.39, 0.29) is 17.0 Å². The summed E-state index contributed by atoms with van der Waals surface area (Å²) in [5.74, 6) is -0.536. The first-order valence-corrected chi connectivity index (χ1v) is 5.82. The lowest BCUT2D eigenvalue weighted by atomic mass is 10.1. The van der Waals surface area contributed by atoms with Gasteiger partial charge in [-0.05, 0) is 6.07 Å². The summed E-state index contributed by atoms with van der Waals surface area (Å²) in [6.07, 6.45) is 0. The lowest BCUT2D eigenvalue weighted by Crippen LogP contribution is -2.58. The Bertz CT molecular complexity index is 494. The van der Waals surface area contributed by atoms with Crippen molar-refractivity contribution in [3.05, 3.63) is 23.0 Å². The minimum atomic E-state index is -0.459. The molecule has 2 heterocycles.